The first-order valence-corrected chi connectivity index (χ1v) is 11.8. The van der Waals surface area contributed by atoms with Gasteiger partial charge in [0, 0.05) is 34.6 Å². The molecule has 0 aliphatic heterocycles. The number of nitrogens with one attached hydrogen (secondary N) is 2. The molecule has 0 aliphatic carbocycles. The lowest BCUT2D eigenvalue weighted by Gasteiger charge is -2.19. The predicted molar refractivity (Wildman–Crippen MR) is 126 cm³/mol. The van der Waals surface area contributed by atoms with E-state index in [9.17, 15) is 14.1 Å². The molecule has 11 heteroatoms. The number of H-pyrrole nitrogens is 1. The minimum absolute atomic E-state index is 0.167. The van der Waals surface area contributed by atoms with Gasteiger partial charge in [-0.1, -0.05) is 0 Å². The van der Waals surface area contributed by atoms with Crippen LogP contribution in [0, 0.1) is 13.8 Å². The number of methoxy groups -OCH3 is 1. The molecular formula is C23H28N4O6S. The summed E-state index contributed by atoms with van der Waals surface area (Å²) in [6, 6.07) is 4.80. The van der Waals surface area contributed by atoms with Crippen molar-refractivity contribution in [1.29, 1.82) is 0 Å². The van der Waals surface area contributed by atoms with Gasteiger partial charge in [-0.3, -0.25) is 9.97 Å². The summed E-state index contributed by atoms with van der Waals surface area (Å²) < 4.78 is 28.7. The molecule has 2 heterocycles. The summed E-state index contributed by atoms with van der Waals surface area (Å²) in [6.07, 6.45) is 0.977. The minimum Gasteiger partial charge on any atom is -0.609 e. The Morgan fingerprint density at radius 2 is 1.97 bits per heavy atom. The van der Waals surface area contributed by atoms with E-state index < -0.39 is 28.8 Å². The van der Waals surface area contributed by atoms with E-state index >= 15 is 0 Å². The number of carbonyl (C=O) groups is 2. The van der Waals surface area contributed by atoms with Crippen molar-refractivity contribution in [2.45, 2.75) is 51.1 Å². The number of hydrogen-bond acceptors (Lipinski definition) is 8. The standard InChI is InChI=1S/C23H28N4O6S/c1-13-10-24-18(14(2)20(13)31-6)12-34(30)21-26-16-8-7-15(9-17(16)27-21)32-19(28)11-25-22(29)33-23(3,4)5/h7-10H,11-12H2,1-6H3,(H,25,29)(H,26,27). The molecule has 0 saturated heterocycles. The number of carbonyl (C=O) groups excluding carboxylic acids is 2. The maximum Gasteiger partial charge on any atom is 0.408 e. The zero-order chi connectivity index (χ0) is 25.0. The molecule has 10 nitrogen and oxygen atoms in total. The summed E-state index contributed by atoms with van der Waals surface area (Å²) in [4.78, 5) is 35.5. The molecule has 3 rings (SSSR count). The van der Waals surface area contributed by atoms with Gasteiger partial charge in [0.05, 0.1) is 23.8 Å². The quantitative estimate of drug-likeness (QED) is 0.293. The van der Waals surface area contributed by atoms with Crippen molar-refractivity contribution in [3.8, 4) is 11.5 Å². The number of amides is 1. The van der Waals surface area contributed by atoms with Gasteiger partial charge in [-0.25, -0.2) is 9.59 Å². The van der Waals surface area contributed by atoms with E-state index in [1.165, 1.54) is 0 Å². The van der Waals surface area contributed by atoms with Crippen molar-refractivity contribution in [2.75, 3.05) is 13.7 Å². The lowest BCUT2D eigenvalue weighted by Crippen LogP contribution is -2.36. The lowest BCUT2D eigenvalue weighted by molar-refractivity contribution is -0.133. The van der Waals surface area contributed by atoms with Crippen LogP contribution in [0.2, 0.25) is 0 Å². The summed E-state index contributed by atoms with van der Waals surface area (Å²) in [5.41, 5.74) is 2.86. The average molecular weight is 489 g/mol. The van der Waals surface area contributed by atoms with Crippen LogP contribution >= 0.6 is 0 Å². The number of fused-ring (bicyclic) bond motifs is 1. The van der Waals surface area contributed by atoms with Gasteiger partial charge in [-0.05, 0) is 46.8 Å². The van der Waals surface area contributed by atoms with Gasteiger partial charge < -0.3 is 24.1 Å². The summed E-state index contributed by atoms with van der Waals surface area (Å²) in [5.74, 6) is 0.465. The van der Waals surface area contributed by atoms with Crippen LogP contribution in [0.3, 0.4) is 0 Å². The second-order valence-electron chi connectivity index (χ2n) is 8.59. The Balaban J connectivity index is 1.66. The highest BCUT2D eigenvalue weighted by Crippen LogP contribution is 2.27. The van der Waals surface area contributed by atoms with Crippen LogP contribution < -0.4 is 14.8 Å². The maximum absolute atomic E-state index is 12.9. The molecule has 0 bridgehead atoms. The summed E-state index contributed by atoms with van der Waals surface area (Å²) in [5, 5.41) is 2.63. The van der Waals surface area contributed by atoms with Gasteiger partial charge in [0.1, 0.15) is 23.6 Å². The number of esters is 1. The first kappa shape index (κ1) is 25.3. The highest BCUT2D eigenvalue weighted by atomic mass is 32.2. The Morgan fingerprint density at radius 1 is 1.24 bits per heavy atom. The van der Waals surface area contributed by atoms with Gasteiger partial charge in [0.15, 0.2) is 5.75 Å². The van der Waals surface area contributed by atoms with Crippen molar-refractivity contribution < 1.29 is 28.4 Å². The molecule has 0 spiro atoms. The number of aromatic nitrogens is 3. The fourth-order valence-corrected chi connectivity index (χ4v) is 4.27. The molecule has 34 heavy (non-hydrogen) atoms. The van der Waals surface area contributed by atoms with Crippen molar-refractivity contribution in [2.24, 2.45) is 0 Å². The number of benzene rings is 1. The zero-order valence-electron chi connectivity index (χ0n) is 20.0. The van der Waals surface area contributed by atoms with E-state index in [0.717, 1.165) is 16.9 Å². The molecule has 1 unspecified atom stereocenters. The fraction of sp³-hybridized carbons (Fsp3) is 0.391. The molecule has 0 radical (unpaired) electrons. The highest BCUT2D eigenvalue weighted by molar-refractivity contribution is 7.90. The molecule has 1 aromatic carbocycles. The molecule has 2 N–H and O–H groups in total. The molecular weight excluding hydrogens is 460 g/mol. The van der Waals surface area contributed by atoms with Gasteiger partial charge in [0.25, 0.3) is 0 Å². The third-order valence-corrected chi connectivity index (χ3v) is 5.83. The number of nitrogens with zero attached hydrogens (tertiary/aromatic N) is 2. The molecule has 0 saturated carbocycles. The molecule has 0 fully saturated rings. The van der Waals surface area contributed by atoms with Crippen molar-refractivity contribution in [3.05, 3.63) is 41.2 Å². The van der Waals surface area contributed by atoms with Gasteiger partial charge in [-0.2, -0.15) is 4.98 Å². The van der Waals surface area contributed by atoms with Crippen LogP contribution in [0.25, 0.3) is 11.0 Å². The third kappa shape index (κ3) is 6.39. The van der Waals surface area contributed by atoms with Crippen LogP contribution in [-0.2, 0) is 26.5 Å². The lowest BCUT2D eigenvalue weighted by atomic mass is 10.1. The monoisotopic (exact) mass is 488 g/mol. The third-order valence-electron chi connectivity index (χ3n) is 4.67. The van der Waals surface area contributed by atoms with E-state index in [2.05, 4.69) is 20.3 Å². The van der Waals surface area contributed by atoms with Crippen LogP contribution in [0.15, 0.2) is 29.6 Å². The minimum atomic E-state index is -1.48. The van der Waals surface area contributed by atoms with Gasteiger partial charge in [-0.15, -0.1) is 0 Å². The zero-order valence-corrected chi connectivity index (χ0v) is 20.8. The van der Waals surface area contributed by atoms with E-state index in [1.54, 1.807) is 52.3 Å². The number of aromatic amines is 1. The number of imidazole rings is 1. The smallest absolute Gasteiger partial charge is 0.408 e. The number of hydrogen-bond donors (Lipinski definition) is 2. The second-order valence-corrected chi connectivity index (χ2v) is 9.95. The van der Waals surface area contributed by atoms with Gasteiger partial charge >= 0.3 is 17.2 Å². The topological polar surface area (TPSA) is 138 Å². The summed E-state index contributed by atoms with van der Waals surface area (Å²) in [6.45, 7) is 8.59. The number of ether oxygens (including phenoxy) is 3. The van der Waals surface area contributed by atoms with E-state index in [0.29, 0.717) is 16.7 Å². The Bertz CT molecular complexity index is 1200. The molecule has 0 aliphatic rings. The normalized spacial score (nSPS) is 12.3. The van der Waals surface area contributed by atoms with E-state index in [-0.39, 0.29) is 23.2 Å². The maximum atomic E-state index is 12.9. The van der Waals surface area contributed by atoms with Gasteiger partial charge in [0.2, 0.25) is 0 Å². The van der Waals surface area contributed by atoms with Crippen LogP contribution in [0.4, 0.5) is 4.79 Å². The highest BCUT2D eigenvalue weighted by Gasteiger charge is 2.22. The van der Waals surface area contributed by atoms with Crippen LogP contribution in [0.5, 0.6) is 11.5 Å². The summed E-state index contributed by atoms with van der Waals surface area (Å²) >= 11 is -1.48. The predicted octanol–water partition coefficient (Wildman–Crippen LogP) is 3.32. The first-order chi connectivity index (χ1) is 16.0. The molecule has 1 atom stereocenters. The van der Waals surface area contributed by atoms with Crippen molar-refractivity contribution in [3.63, 3.8) is 0 Å². The summed E-state index contributed by atoms with van der Waals surface area (Å²) in [7, 11) is 1.59. The Kier molecular flexibility index (Phi) is 7.68. The number of aryl methyl sites for hydroxylation is 1. The van der Waals surface area contributed by atoms with Crippen molar-refractivity contribution in [1.82, 2.24) is 20.3 Å². The average Bonchev–Trinajstić information content (AvgIpc) is 3.17. The second kappa shape index (κ2) is 10.3. The van der Waals surface area contributed by atoms with Crippen LogP contribution in [0.1, 0.15) is 37.6 Å². The molecule has 2 aromatic heterocycles. The number of alkyl carbamates (subject to hydrolysis) is 1. The van der Waals surface area contributed by atoms with Crippen molar-refractivity contribution >= 4 is 34.3 Å². The molecule has 3 aromatic rings. The molecule has 1 amide bonds. The largest absolute Gasteiger partial charge is 0.609 e. The molecule has 182 valence electrons. The number of rotatable bonds is 7. The Hall–Kier alpha value is -3.31. The van der Waals surface area contributed by atoms with E-state index in [4.69, 9.17) is 14.2 Å². The van der Waals surface area contributed by atoms with E-state index in [1.807, 2.05) is 13.8 Å². The fourth-order valence-electron chi connectivity index (χ4n) is 3.17. The first-order valence-electron chi connectivity index (χ1n) is 10.5. The SMILES string of the molecule is COc1c(C)cnc(C[S+]([O-])c2nc3cc(OC(=O)CNC(=O)OC(C)(C)C)ccc3[nH]2)c1C. The Labute approximate surface area is 200 Å². The Morgan fingerprint density at radius 3 is 2.65 bits per heavy atom. The van der Waals surface area contributed by atoms with Crippen LogP contribution in [-0.4, -0.2) is 50.8 Å². The number of pyridine rings is 1.